The summed E-state index contributed by atoms with van der Waals surface area (Å²) in [4.78, 5) is 13.9. The Labute approximate surface area is 128 Å². The van der Waals surface area contributed by atoms with Crippen molar-refractivity contribution < 1.29 is 14.6 Å². The van der Waals surface area contributed by atoms with Crippen molar-refractivity contribution in [3.63, 3.8) is 0 Å². The van der Waals surface area contributed by atoms with Crippen molar-refractivity contribution in [2.45, 2.75) is 69.6 Å². The van der Waals surface area contributed by atoms with Gasteiger partial charge in [-0.05, 0) is 58.4 Å². The fourth-order valence-corrected chi connectivity index (χ4v) is 3.10. The molecule has 2 N–H and O–H groups in total. The number of hydrogen-bond donors (Lipinski definition) is 2. The van der Waals surface area contributed by atoms with Crippen LogP contribution in [0.1, 0.15) is 51.9 Å². The van der Waals surface area contributed by atoms with Crippen LogP contribution >= 0.6 is 0 Å². The lowest BCUT2D eigenvalue weighted by molar-refractivity contribution is -0.144. The molecule has 1 heterocycles. The lowest BCUT2D eigenvalue weighted by Gasteiger charge is -2.31. The van der Waals surface area contributed by atoms with Crippen LogP contribution in [0.3, 0.4) is 0 Å². The van der Waals surface area contributed by atoms with Gasteiger partial charge < -0.3 is 14.7 Å². The van der Waals surface area contributed by atoms with Gasteiger partial charge >= 0.3 is 5.97 Å². The monoisotopic (exact) mass is 298 g/mol. The molecule has 5 heteroatoms. The van der Waals surface area contributed by atoms with E-state index in [-0.39, 0.29) is 0 Å². The van der Waals surface area contributed by atoms with Gasteiger partial charge in [0.15, 0.2) is 0 Å². The van der Waals surface area contributed by atoms with Crippen LogP contribution in [-0.4, -0.2) is 60.4 Å². The average molecular weight is 298 g/mol. The molecular formula is C16H30N2O3. The van der Waals surface area contributed by atoms with Crippen LogP contribution in [-0.2, 0) is 9.53 Å². The predicted molar refractivity (Wildman–Crippen MR) is 82.5 cm³/mol. The van der Waals surface area contributed by atoms with Gasteiger partial charge in [0.05, 0.1) is 6.10 Å². The average Bonchev–Trinajstić information content (AvgIpc) is 3.28. The molecule has 1 saturated heterocycles. The number of ether oxygens (including phenoxy) is 1. The van der Waals surface area contributed by atoms with Crippen molar-refractivity contribution in [3.05, 3.63) is 0 Å². The quantitative estimate of drug-likeness (QED) is 0.636. The van der Waals surface area contributed by atoms with E-state index in [0.717, 1.165) is 58.2 Å². The van der Waals surface area contributed by atoms with E-state index in [2.05, 4.69) is 10.2 Å². The van der Waals surface area contributed by atoms with Gasteiger partial charge in [0.1, 0.15) is 5.54 Å². The van der Waals surface area contributed by atoms with Crippen molar-refractivity contribution in [2.24, 2.45) is 0 Å². The predicted octanol–water partition coefficient (Wildman–Crippen LogP) is 1.86. The zero-order chi connectivity index (χ0) is 15.3. The zero-order valence-corrected chi connectivity index (χ0v) is 13.4. The van der Waals surface area contributed by atoms with Gasteiger partial charge in [-0.15, -0.1) is 0 Å². The van der Waals surface area contributed by atoms with E-state index in [9.17, 15) is 9.90 Å². The van der Waals surface area contributed by atoms with Gasteiger partial charge in [-0.25, -0.2) is 0 Å². The number of likely N-dealkylation sites (tertiary alicyclic amines) is 1. The van der Waals surface area contributed by atoms with Crippen LogP contribution in [0.4, 0.5) is 0 Å². The number of carboxylic acids is 1. The van der Waals surface area contributed by atoms with Crippen LogP contribution in [0, 0.1) is 0 Å². The molecule has 1 aliphatic carbocycles. The van der Waals surface area contributed by atoms with Crippen molar-refractivity contribution in [1.29, 1.82) is 0 Å². The first-order chi connectivity index (χ1) is 10.0. The van der Waals surface area contributed by atoms with Crippen molar-refractivity contribution in [1.82, 2.24) is 10.2 Å². The Bertz CT molecular complexity index is 338. The van der Waals surface area contributed by atoms with Crippen LogP contribution in [0.2, 0.25) is 0 Å². The summed E-state index contributed by atoms with van der Waals surface area (Å²) >= 11 is 0. The maximum absolute atomic E-state index is 11.5. The molecule has 0 amide bonds. The molecule has 0 bridgehead atoms. The van der Waals surface area contributed by atoms with Gasteiger partial charge in [0.2, 0.25) is 0 Å². The maximum atomic E-state index is 11.5. The highest BCUT2D eigenvalue weighted by Crippen LogP contribution is 2.25. The van der Waals surface area contributed by atoms with Crippen LogP contribution in [0.15, 0.2) is 0 Å². The van der Waals surface area contributed by atoms with E-state index in [1.807, 2.05) is 6.92 Å². The Morgan fingerprint density at radius 3 is 2.48 bits per heavy atom. The first-order valence-corrected chi connectivity index (χ1v) is 8.30. The third-order valence-electron chi connectivity index (χ3n) is 4.84. The summed E-state index contributed by atoms with van der Waals surface area (Å²) in [6, 6.07) is 0.430. The minimum absolute atomic E-state index is 0.430. The number of methoxy groups -OCH3 is 1. The van der Waals surface area contributed by atoms with Crippen LogP contribution in [0.5, 0.6) is 0 Å². The Hall–Kier alpha value is -0.650. The smallest absolute Gasteiger partial charge is 0.323 e. The lowest BCUT2D eigenvalue weighted by Crippen LogP contribution is -2.50. The Balaban J connectivity index is 1.62. The number of piperidine rings is 1. The third-order valence-corrected chi connectivity index (χ3v) is 4.84. The number of carbonyl (C=O) groups is 1. The second-order valence-corrected chi connectivity index (χ2v) is 6.79. The molecular weight excluding hydrogens is 268 g/mol. The summed E-state index contributed by atoms with van der Waals surface area (Å²) in [6.45, 7) is 5.12. The highest BCUT2D eigenvalue weighted by atomic mass is 16.5. The summed E-state index contributed by atoms with van der Waals surface area (Å²) in [5.41, 5.74) is -0.746. The summed E-state index contributed by atoms with van der Waals surface area (Å²) in [6.07, 6.45) is 7.67. The summed E-state index contributed by atoms with van der Waals surface area (Å²) in [5, 5.41) is 12.7. The topological polar surface area (TPSA) is 61.8 Å². The summed E-state index contributed by atoms with van der Waals surface area (Å²) < 4.78 is 5.38. The van der Waals surface area contributed by atoms with E-state index >= 15 is 0 Å². The van der Waals surface area contributed by atoms with E-state index in [4.69, 9.17) is 4.74 Å². The Kier molecular flexibility index (Phi) is 6.02. The molecule has 1 saturated carbocycles. The van der Waals surface area contributed by atoms with Crippen molar-refractivity contribution in [3.8, 4) is 0 Å². The number of rotatable bonds is 9. The van der Waals surface area contributed by atoms with E-state index in [1.54, 1.807) is 7.11 Å². The fraction of sp³-hybridized carbons (Fsp3) is 0.938. The molecule has 2 aliphatic rings. The molecule has 2 fully saturated rings. The molecule has 0 aromatic heterocycles. The largest absolute Gasteiger partial charge is 0.480 e. The standard InChI is InChI=1S/C16H30N2O3/c1-16(15(19)20,17-13-5-6-13)9-3-4-10-18-11-7-14(21-2)8-12-18/h13-14,17H,3-12H2,1-2H3,(H,19,20). The third kappa shape index (κ3) is 5.24. The highest BCUT2D eigenvalue weighted by molar-refractivity contribution is 5.78. The molecule has 0 spiro atoms. The lowest BCUT2D eigenvalue weighted by atomic mass is 9.94. The normalized spacial score (nSPS) is 23.9. The first-order valence-electron chi connectivity index (χ1n) is 8.30. The minimum atomic E-state index is -0.746. The van der Waals surface area contributed by atoms with Crippen LogP contribution in [0.25, 0.3) is 0 Å². The van der Waals surface area contributed by atoms with Gasteiger partial charge in [0.25, 0.3) is 0 Å². The Morgan fingerprint density at radius 1 is 1.29 bits per heavy atom. The number of unbranched alkanes of at least 4 members (excludes halogenated alkanes) is 1. The molecule has 0 aromatic carbocycles. The van der Waals surface area contributed by atoms with Crippen LogP contribution < -0.4 is 5.32 Å². The zero-order valence-electron chi connectivity index (χ0n) is 13.4. The number of carboxylic acid groups (broad SMARTS) is 1. The van der Waals surface area contributed by atoms with Crippen molar-refractivity contribution >= 4 is 5.97 Å². The second kappa shape index (κ2) is 7.56. The molecule has 2 rings (SSSR count). The summed E-state index contributed by atoms with van der Waals surface area (Å²) in [7, 11) is 1.79. The van der Waals surface area contributed by atoms with Crippen molar-refractivity contribution in [2.75, 3.05) is 26.7 Å². The molecule has 21 heavy (non-hydrogen) atoms. The minimum Gasteiger partial charge on any atom is -0.480 e. The number of aliphatic carboxylic acids is 1. The molecule has 1 aliphatic heterocycles. The fourth-order valence-electron chi connectivity index (χ4n) is 3.10. The van der Waals surface area contributed by atoms with E-state index in [1.165, 1.54) is 0 Å². The molecule has 0 radical (unpaired) electrons. The molecule has 5 nitrogen and oxygen atoms in total. The molecule has 122 valence electrons. The number of nitrogens with one attached hydrogen (secondary N) is 1. The SMILES string of the molecule is COC1CCN(CCCCC(C)(NC2CC2)C(=O)O)CC1. The molecule has 1 unspecified atom stereocenters. The van der Waals surface area contributed by atoms with Gasteiger partial charge in [-0.1, -0.05) is 0 Å². The van der Waals surface area contributed by atoms with E-state index in [0.29, 0.717) is 18.6 Å². The number of nitrogens with zero attached hydrogens (tertiary/aromatic N) is 1. The Morgan fingerprint density at radius 2 is 1.95 bits per heavy atom. The van der Waals surface area contributed by atoms with Gasteiger partial charge in [-0.3, -0.25) is 10.1 Å². The number of hydrogen-bond acceptors (Lipinski definition) is 4. The summed E-state index contributed by atoms with van der Waals surface area (Å²) in [5.74, 6) is -0.713. The molecule has 1 atom stereocenters. The highest BCUT2D eigenvalue weighted by Gasteiger charge is 2.37. The first kappa shape index (κ1) is 16.7. The molecule has 0 aromatic rings. The van der Waals surface area contributed by atoms with E-state index < -0.39 is 11.5 Å². The van der Waals surface area contributed by atoms with Gasteiger partial charge in [0, 0.05) is 26.2 Å². The maximum Gasteiger partial charge on any atom is 0.323 e. The van der Waals surface area contributed by atoms with Gasteiger partial charge in [-0.2, -0.15) is 0 Å². The second-order valence-electron chi connectivity index (χ2n) is 6.79.